The van der Waals surface area contributed by atoms with E-state index in [1.807, 2.05) is 0 Å². The highest BCUT2D eigenvalue weighted by Crippen LogP contribution is 2.57. The molecule has 0 aromatic carbocycles. The second kappa shape index (κ2) is 20.2. The van der Waals surface area contributed by atoms with Crippen molar-refractivity contribution < 1.29 is 0 Å². The zero-order valence-corrected chi connectivity index (χ0v) is 18.1. The topological polar surface area (TPSA) is 23.8 Å². The van der Waals surface area contributed by atoms with Crippen LogP contribution in [0.4, 0.5) is 0 Å². The molecule has 3 heteroatoms. The van der Waals surface area contributed by atoms with Gasteiger partial charge in [0, 0.05) is 13.9 Å². The SMILES string of the molecule is CCCCCC[P+](C)(CCCCCC)CCCCCC.N#C[S-]. The number of thiocyanates is 1. The third kappa shape index (κ3) is 20.1. The van der Waals surface area contributed by atoms with Crippen molar-refractivity contribution in [1.29, 1.82) is 5.26 Å². The van der Waals surface area contributed by atoms with E-state index in [4.69, 9.17) is 5.26 Å². The fourth-order valence-electron chi connectivity index (χ4n) is 3.10. The fraction of sp³-hybridized carbons (Fsp3) is 0.950. The van der Waals surface area contributed by atoms with Gasteiger partial charge in [0.05, 0.1) is 18.5 Å². The smallest absolute Gasteiger partial charge is 0.0591 e. The van der Waals surface area contributed by atoms with Gasteiger partial charge >= 0.3 is 0 Å². The molecule has 0 spiro atoms. The molecule has 0 unspecified atom stereocenters. The summed E-state index contributed by atoms with van der Waals surface area (Å²) in [4.78, 5) is 0. The Balaban J connectivity index is 0. The number of nitrogens with zero attached hydrogens (tertiary/aromatic N) is 1. The minimum atomic E-state index is -0.590. The number of nitriles is 1. The van der Waals surface area contributed by atoms with Crippen molar-refractivity contribution in [2.24, 2.45) is 0 Å². The molecule has 0 saturated carbocycles. The predicted octanol–water partition coefficient (Wildman–Crippen LogP) is 7.39. The first-order chi connectivity index (χ1) is 11.1. The van der Waals surface area contributed by atoms with E-state index in [-0.39, 0.29) is 0 Å². The number of hydrogen-bond acceptors (Lipinski definition) is 2. The minimum Gasteiger partial charge on any atom is -0.696 e. The van der Waals surface area contributed by atoms with Crippen LogP contribution in [-0.2, 0) is 12.6 Å². The Kier molecular flexibility index (Phi) is 22.3. The molecule has 0 heterocycles. The molecule has 0 amide bonds. The fourth-order valence-corrected chi connectivity index (χ4v) is 6.73. The Bertz CT molecular complexity index is 232. The molecule has 1 nitrogen and oxygen atoms in total. The molecule has 0 aromatic rings. The van der Waals surface area contributed by atoms with Gasteiger partial charge in [-0.25, -0.2) is 5.26 Å². The Morgan fingerprint density at radius 2 is 0.913 bits per heavy atom. The second-order valence-corrected chi connectivity index (χ2v) is 11.8. The van der Waals surface area contributed by atoms with Gasteiger partial charge in [0.2, 0.25) is 0 Å². The Morgan fingerprint density at radius 3 is 1.13 bits per heavy atom. The Morgan fingerprint density at radius 1 is 0.652 bits per heavy atom. The number of unbranched alkanes of at least 4 members (excludes halogenated alkanes) is 9. The zero-order chi connectivity index (χ0) is 17.8. The van der Waals surface area contributed by atoms with Crippen LogP contribution in [0.15, 0.2) is 0 Å². The van der Waals surface area contributed by atoms with Crippen LogP contribution in [0.1, 0.15) is 97.8 Å². The van der Waals surface area contributed by atoms with Gasteiger partial charge in [0.15, 0.2) is 0 Å². The maximum atomic E-state index is 7.13. The molecule has 0 aliphatic rings. The average Bonchev–Trinajstić information content (AvgIpc) is 2.54. The standard InChI is InChI=1S/C19H42P.CHNS/c1-5-8-11-14-17-20(4,18-15-12-9-6-2)19-16-13-10-7-3;2-1-3/h5-19H2,1-4H3;3H/q+1;/p-1. The lowest BCUT2D eigenvalue weighted by Gasteiger charge is -2.23. The molecular formula is C20H42NPS. The van der Waals surface area contributed by atoms with Gasteiger partial charge in [-0.05, 0) is 38.5 Å². The normalized spacial score (nSPS) is 10.7. The summed E-state index contributed by atoms with van der Waals surface area (Å²) < 4.78 is 0. The first-order valence-electron chi connectivity index (χ1n) is 9.94. The Hall–Kier alpha value is 0.140. The molecule has 23 heavy (non-hydrogen) atoms. The molecule has 0 aliphatic carbocycles. The minimum absolute atomic E-state index is 0.590. The summed E-state index contributed by atoms with van der Waals surface area (Å²) in [5, 5.41) is 8.47. The summed E-state index contributed by atoms with van der Waals surface area (Å²) >= 11 is 3.70. The lowest BCUT2D eigenvalue weighted by atomic mass is 10.2. The molecule has 0 atom stereocenters. The van der Waals surface area contributed by atoms with Crippen LogP contribution in [-0.4, -0.2) is 25.2 Å². The number of rotatable bonds is 15. The first-order valence-corrected chi connectivity index (χ1v) is 13.1. The van der Waals surface area contributed by atoms with E-state index >= 15 is 0 Å². The van der Waals surface area contributed by atoms with E-state index in [1.54, 1.807) is 18.5 Å². The maximum Gasteiger partial charge on any atom is 0.0591 e. The van der Waals surface area contributed by atoms with E-state index in [2.05, 4.69) is 40.1 Å². The van der Waals surface area contributed by atoms with Gasteiger partial charge in [-0.3, -0.25) is 0 Å². The molecule has 0 radical (unpaired) electrons. The highest BCUT2D eigenvalue weighted by Gasteiger charge is 2.29. The van der Waals surface area contributed by atoms with Crippen LogP contribution in [0, 0.1) is 10.7 Å². The summed E-state index contributed by atoms with van der Waals surface area (Å²) in [6.45, 7) is 9.66. The van der Waals surface area contributed by atoms with Crippen molar-refractivity contribution in [2.75, 3.05) is 25.2 Å². The van der Waals surface area contributed by atoms with Gasteiger partial charge in [-0.1, -0.05) is 64.7 Å². The van der Waals surface area contributed by atoms with Gasteiger partial charge in [-0.15, -0.1) is 0 Å². The lowest BCUT2D eigenvalue weighted by Crippen LogP contribution is -2.07. The van der Waals surface area contributed by atoms with E-state index in [9.17, 15) is 0 Å². The monoisotopic (exact) mass is 359 g/mol. The largest absolute Gasteiger partial charge is 0.696 e. The number of hydrogen-bond donors (Lipinski definition) is 0. The molecule has 0 bridgehead atoms. The summed E-state index contributed by atoms with van der Waals surface area (Å²) in [6, 6.07) is 0. The summed E-state index contributed by atoms with van der Waals surface area (Å²) in [5.74, 6) is 0. The van der Waals surface area contributed by atoms with Crippen LogP contribution in [0.2, 0.25) is 0 Å². The van der Waals surface area contributed by atoms with Crippen LogP contribution in [0.3, 0.4) is 0 Å². The predicted molar refractivity (Wildman–Crippen MR) is 113 cm³/mol. The van der Waals surface area contributed by atoms with E-state index < -0.39 is 7.26 Å². The van der Waals surface area contributed by atoms with E-state index in [0.717, 1.165) is 0 Å². The van der Waals surface area contributed by atoms with Crippen LogP contribution < -0.4 is 0 Å². The first kappa shape index (κ1) is 25.4. The molecule has 0 N–H and O–H groups in total. The zero-order valence-electron chi connectivity index (χ0n) is 16.4. The van der Waals surface area contributed by atoms with Gasteiger partial charge < -0.3 is 12.6 Å². The van der Waals surface area contributed by atoms with Crippen molar-refractivity contribution >= 4 is 19.9 Å². The molecule has 0 saturated heterocycles. The van der Waals surface area contributed by atoms with E-state index in [1.165, 1.54) is 82.5 Å². The molecule has 0 fully saturated rings. The second-order valence-electron chi connectivity index (χ2n) is 7.06. The van der Waals surface area contributed by atoms with Gasteiger partial charge in [0.1, 0.15) is 0 Å². The highest BCUT2D eigenvalue weighted by atomic mass is 32.1. The van der Waals surface area contributed by atoms with E-state index in [0.29, 0.717) is 0 Å². The summed E-state index contributed by atoms with van der Waals surface area (Å²) in [5.41, 5.74) is 0. The molecule has 138 valence electrons. The van der Waals surface area contributed by atoms with Crippen molar-refractivity contribution in [1.82, 2.24) is 0 Å². The van der Waals surface area contributed by atoms with Crippen molar-refractivity contribution in [3.63, 3.8) is 0 Å². The van der Waals surface area contributed by atoms with Crippen LogP contribution >= 0.6 is 7.26 Å². The summed E-state index contributed by atoms with van der Waals surface area (Å²) in [6.07, 6.45) is 22.2. The van der Waals surface area contributed by atoms with Crippen LogP contribution in [0.5, 0.6) is 0 Å². The quantitative estimate of drug-likeness (QED) is 0.132. The third-order valence-corrected chi connectivity index (χ3v) is 8.84. The summed E-state index contributed by atoms with van der Waals surface area (Å²) in [7, 11) is -0.590. The Labute approximate surface area is 153 Å². The highest BCUT2D eigenvalue weighted by molar-refractivity contribution is 7.75. The van der Waals surface area contributed by atoms with Gasteiger partial charge in [-0.2, -0.15) is 0 Å². The lowest BCUT2D eigenvalue weighted by molar-refractivity contribution is 0.684. The molecule has 0 rings (SSSR count). The van der Waals surface area contributed by atoms with Crippen LogP contribution in [0.25, 0.3) is 0 Å². The van der Waals surface area contributed by atoms with Crippen molar-refractivity contribution in [3.8, 4) is 5.40 Å². The molecular weight excluding hydrogens is 317 g/mol. The van der Waals surface area contributed by atoms with Crippen molar-refractivity contribution in [2.45, 2.75) is 97.8 Å². The molecule has 0 aliphatic heterocycles. The molecule has 0 aromatic heterocycles. The maximum absolute atomic E-state index is 7.13. The van der Waals surface area contributed by atoms with Gasteiger partial charge in [0.25, 0.3) is 0 Å². The average molecular weight is 360 g/mol. The van der Waals surface area contributed by atoms with Crippen molar-refractivity contribution in [3.05, 3.63) is 0 Å². The third-order valence-electron chi connectivity index (χ3n) is 4.65.